The van der Waals surface area contributed by atoms with E-state index in [9.17, 15) is 4.79 Å². The number of para-hydroxylation sites is 1. The molecule has 2 rings (SSSR count). The second-order valence-electron chi connectivity index (χ2n) is 11.5. The molecule has 0 aromatic heterocycles. The Balaban J connectivity index is 1.69. The fourth-order valence-electron chi connectivity index (χ4n) is 4.93. The predicted molar refractivity (Wildman–Crippen MR) is 159 cm³/mol. The van der Waals surface area contributed by atoms with Crippen LogP contribution in [0.25, 0.3) is 0 Å². The number of hydrogen-bond acceptors (Lipinski definition) is 3. The van der Waals surface area contributed by atoms with Crippen LogP contribution >= 0.6 is 0 Å². The number of ether oxygens (including phenoxy) is 2. The number of carbonyl (C=O) groups excluding carboxylic acids is 1. The highest BCUT2D eigenvalue weighted by Gasteiger charge is 2.23. The van der Waals surface area contributed by atoms with Crippen molar-refractivity contribution in [1.29, 1.82) is 0 Å². The number of unbranched alkanes of at least 4 members (excludes halogenated alkanes) is 10. The molecule has 0 aliphatic carbocycles. The van der Waals surface area contributed by atoms with E-state index in [1.165, 1.54) is 81.8 Å². The lowest BCUT2D eigenvalue weighted by atomic mass is 10.0. The van der Waals surface area contributed by atoms with Crippen LogP contribution in [0.3, 0.4) is 0 Å². The number of quaternary nitrogens is 1. The van der Waals surface area contributed by atoms with Gasteiger partial charge >= 0.3 is 5.97 Å². The quantitative estimate of drug-likeness (QED) is 0.0932. The fourth-order valence-corrected chi connectivity index (χ4v) is 4.93. The van der Waals surface area contributed by atoms with E-state index >= 15 is 0 Å². The van der Waals surface area contributed by atoms with Crippen LogP contribution < -0.4 is 4.74 Å². The highest BCUT2D eigenvalue weighted by molar-refractivity contribution is 5.70. The zero-order chi connectivity index (χ0) is 27.5. The van der Waals surface area contributed by atoms with Gasteiger partial charge in [0.2, 0.25) is 0 Å². The summed E-state index contributed by atoms with van der Waals surface area (Å²) in [6, 6.07) is 18.6. The molecule has 212 valence electrons. The van der Waals surface area contributed by atoms with Gasteiger partial charge in [0.05, 0.1) is 14.1 Å². The van der Waals surface area contributed by atoms with Gasteiger partial charge in [-0.1, -0.05) is 127 Å². The maximum absolute atomic E-state index is 12.6. The summed E-state index contributed by atoms with van der Waals surface area (Å²) in [7, 11) is 4.12. The van der Waals surface area contributed by atoms with E-state index in [1.54, 1.807) is 0 Å². The van der Waals surface area contributed by atoms with Crippen molar-refractivity contribution in [3.05, 3.63) is 65.7 Å². The van der Waals surface area contributed by atoms with E-state index in [4.69, 9.17) is 9.47 Å². The van der Waals surface area contributed by atoms with Gasteiger partial charge in [-0.15, -0.1) is 0 Å². The van der Waals surface area contributed by atoms with Crippen molar-refractivity contribution in [2.45, 2.75) is 110 Å². The molecule has 4 nitrogen and oxygen atoms in total. The average Bonchev–Trinajstić information content (AvgIpc) is 2.90. The second kappa shape index (κ2) is 18.8. The first-order chi connectivity index (χ1) is 18.4. The van der Waals surface area contributed by atoms with Gasteiger partial charge in [-0.05, 0) is 30.9 Å². The average molecular weight is 525 g/mol. The molecule has 0 spiro atoms. The molecule has 2 aromatic carbocycles. The van der Waals surface area contributed by atoms with Crippen molar-refractivity contribution in [1.82, 2.24) is 0 Å². The van der Waals surface area contributed by atoms with E-state index in [1.807, 2.05) is 24.3 Å². The number of esters is 1. The molecule has 1 unspecified atom stereocenters. The summed E-state index contributed by atoms with van der Waals surface area (Å²) in [5.74, 6) is 0.755. The molecule has 0 N–H and O–H groups in total. The first-order valence-electron chi connectivity index (χ1n) is 15.2. The minimum Gasteiger partial charge on any atom is -0.487 e. The van der Waals surface area contributed by atoms with Gasteiger partial charge in [0.15, 0.2) is 6.54 Å². The van der Waals surface area contributed by atoms with Crippen molar-refractivity contribution >= 4 is 5.97 Å². The summed E-state index contributed by atoms with van der Waals surface area (Å²) in [4.78, 5) is 12.6. The summed E-state index contributed by atoms with van der Waals surface area (Å²) in [6.45, 7) is 5.77. The van der Waals surface area contributed by atoms with Crippen LogP contribution in [0, 0.1) is 0 Å². The molecule has 0 aliphatic rings. The Morgan fingerprint density at radius 1 is 0.763 bits per heavy atom. The number of carbonyl (C=O) groups is 1. The van der Waals surface area contributed by atoms with Gasteiger partial charge in [-0.2, -0.15) is 0 Å². The molecule has 1 atom stereocenters. The monoisotopic (exact) mass is 524 g/mol. The topological polar surface area (TPSA) is 35.5 Å². The smallest absolute Gasteiger partial charge is 0.361 e. The first kappa shape index (κ1) is 31.9. The number of aryl methyl sites for hydroxylation is 1. The van der Waals surface area contributed by atoms with E-state index in [-0.39, 0.29) is 18.7 Å². The third-order valence-electron chi connectivity index (χ3n) is 7.21. The van der Waals surface area contributed by atoms with Gasteiger partial charge < -0.3 is 14.0 Å². The Morgan fingerprint density at radius 3 is 1.97 bits per heavy atom. The highest BCUT2D eigenvalue weighted by Crippen LogP contribution is 2.23. The Morgan fingerprint density at radius 2 is 1.34 bits per heavy atom. The third-order valence-corrected chi connectivity index (χ3v) is 7.21. The zero-order valence-electron chi connectivity index (χ0n) is 24.8. The molecular weight excluding hydrogens is 470 g/mol. The van der Waals surface area contributed by atoms with Gasteiger partial charge in [-0.3, -0.25) is 0 Å². The number of hydrogen-bond donors (Lipinski definition) is 0. The van der Waals surface area contributed by atoms with Crippen molar-refractivity contribution in [2.24, 2.45) is 0 Å². The second-order valence-corrected chi connectivity index (χ2v) is 11.5. The maximum Gasteiger partial charge on any atom is 0.361 e. The molecule has 0 fully saturated rings. The lowest BCUT2D eigenvalue weighted by molar-refractivity contribution is -0.896. The number of rotatable bonds is 21. The highest BCUT2D eigenvalue weighted by atomic mass is 16.6. The Bertz CT molecular complexity index is 880. The predicted octanol–water partition coefficient (Wildman–Crippen LogP) is 8.52. The molecule has 4 heteroatoms. The summed E-state index contributed by atoms with van der Waals surface area (Å²) >= 11 is 0. The molecule has 0 saturated carbocycles. The minimum atomic E-state index is -0.178. The van der Waals surface area contributed by atoms with Gasteiger partial charge in [0.1, 0.15) is 25.0 Å². The summed E-state index contributed by atoms with van der Waals surface area (Å²) in [5, 5.41) is 0. The number of likely N-dealkylation sites (N-methyl/N-ethyl adjacent to an activating group) is 1. The maximum atomic E-state index is 12.6. The Labute approximate surface area is 233 Å². The standard InChI is InChI=1S/C34H54NO3/c1-5-7-8-9-10-11-12-13-14-15-19-24-31-25-20-21-26-33(31)38-32(6-2)29-37-34(36)28-35(3,4)27-30-22-17-16-18-23-30/h16-18,20-23,25-26,32H,5-15,19,24,27-29H2,1-4H3/q+1. The SMILES string of the molecule is CCCCCCCCCCCCCc1ccccc1OC(CC)COC(=O)C[N+](C)(C)Cc1ccccc1. The molecule has 38 heavy (non-hydrogen) atoms. The molecular formula is C34H54NO3+. The zero-order valence-corrected chi connectivity index (χ0v) is 24.8. The lowest BCUT2D eigenvalue weighted by Gasteiger charge is -2.29. The lowest BCUT2D eigenvalue weighted by Crippen LogP contribution is -2.44. The molecule has 2 aromatic rings. The van der Waals surface area contributed by atoms with Gasteiger partial charge in [0, 0.05) is 5.56 Å². The molecule has 0 heterocycles. The van der Waals surface area contributed by atoms with E-state index in [2.05, 4.69) is 58.3 Å². The Kier molecular flexibility index (Phi) is 15.8. The van der Waals surface area contributed by atoms with Crippen LogP contribution in [0.15, 0.2) is 54.6 Å². The molecule has 0 bridgehead atoms. The minimum absolute atomic E-state index is 0.137. The molecule has 0 amide bonds. The van der Waals surface area contributed by atoms with Crippen LogP contribution in [0.2, 0.25) is 0 Å². The summed E-state index contributed by atoms with van der Waals surface area (Å²) in [5.41, 5.74) is 2.48. The third kappa shape index (κ3) is 14.0. The normalized spacial score (nSPS) is 12.3. The van der Waals surface area contributed by atoms with Gasteiger partial charge in [-0.25, -0.2) is 4.79 Å². The van der Waals surface area contributed by atoms with Crippen molar-refractivity contribution in [3.63, 3.8) is 0 Å². The number of nitrogens with zero attached hydrogens (tertiary/aromatic N) is 1. The summed E-state index contributed by atoms with van der Waals surface area (Å²) in [6.07, 6.45) is 16.6. The van der Waals surface area contributed by atoms with E-state index in [0.29, 0.717) is 11.0 Å². The van der Waals surface area contributed by atoms with Crippen molar-refractivity contribution < 1.29 is 18.8 Å². The van der Waals surface area contributed by atoms with Gasteiger partial charge in [0.25, 0.3) is 0 Å². The molecule has 0 radical (unpaired) electrons. The molecule has 0 saturated heterocycles. The van der Waals surface area contributed by atoms with Crippen LogP contribution in [-0.4, -0.2) is 43.8 Å². The summed E-state index contributed by atoms with van der Waals surface area (Å²) < 4.78 is 12.6. The number of benzene rings is 2. The van der Waals surface area contributed by atoms with Crippen molar-refractivity contribution in [3.8, 4) is 5.75 Å². The van der Waals surface area contributed by atoms with Crippen molar-refractivity contribution in [2.75, 3.05) is 27.2 Å². The van der Waals surface area contributed by atoms with Crippen LogP contribution in [0.5, 0.6) is 5.75 Å². The Hall–Kier alpha value is -2.33. The van der Waals surface area contributed by atoms with E-state index in [0.717, 1.165) is 25.1 Å². The van der Waals surface area contributed by atoms with Crippen LogP contribution in [-0.2, 0) is 22.5 Å². The van der Waals surface area contributed by atoms with Crippen LogP contribution in [0.4, 0.5) is 0 Å². The largest absolute Gasteiger partial charge is 0.487 e. The van der Waals surface area contributed by atoms with E-state index < -0.39 is 0 Å². The molecule has 0 aliphatic heterocycles. The fraction of sp³-hybridized carbons (Fsp3) is 0.618. The first-order valence-corrected chi connectivity index (χ1v) is 15.2. The van der Waals surface area contributed by atoms with Crippen LogP contribution in [0.1, 0.15) is 102 Å².